The number of anilines is 1. The molecule has 9 nitrogen and oxygen atoms in total. The zero-order valence-corrected chi connectivity index (χ0v) is 18.0. The first-order valence-corrected chi connectivity index (χ1v) is 10.2. The van der Waals surface area contributed by atoms with Crippen LogP contribution in [-0.2, 0) is 6.54 Å². The average molecular weight is 451 g/mol. The highest BCUT2D eigenvalue weighted by atomic mass is 35.5. The van der Waals surface area contributed by atoms with E-state index >= 15 is 0 Å². The highest BCUT2D eigenvalue weighted by molar-refractivity contribution is 5.65. The number of halogens is 1. The molecule has 0 unspecified atom stereocenters. The third kappa shape index (κ3) is 7.37. The van der Waals surface area contributed by atoms with Crippen LogP contribution in [0.15, 0.2) is 42.5 Å². The van der Waals surface area contributed by atoms with E-state index in [1.54, 1.807) is 4.90 Å². The van der Waals surface area contributed by atoms with Crippen LogP contribution < -0.4 is 27.4 Å². The SMILES string of the molecule is O=[N+]([O-])c1ccc(NCc2ccc(OCCC[NH+]3CCCCC3)cc2)c([N+](=O)[O-])c1.[Cl-]. The predicted octanol–water partition coefficient (Wildman–Crippen LogP) is -0.0432. The van der Waals surface area contributed by atoms with E-state index in [1.807, 2.05) is 24.3 Å². The fourth-order valence-electron chi connectivity index (χ4n) is 3.65. The van der Waals surface area contributed by atoms with Gasteiger partial charge in [0.25, 0.3) is 11.4 Å². The topological polar surface area (TPSA) is 112 Å². The summed E-state index contributed by atoms with van der Waals surface area (Å²) in [7, 11) is 0. The molecular weight excluding hydrogens is 424 g/mol. The Morgan fingerprint density at radius 2 is 1.68 bits per heavy atom. The Morgan fingerprint density at radius 1 is 0.968 bits per heavy atom. The second-order valence-corrected chi connectivity index (χ2v) is 7.48. The van der Waals surface area contributed by atoms with Crippen LogP contribution in [0.1, 0.15) is 31.2 Å². The van der Waals surface area contributed by atoms with Gasteiger partial charge in [-0.05, 0) is 43.0 Å². The highest BCUT2D eigenvalue weighted by Gasteiger charge is 2.19. The van der Waals surface area contributed by atoms with Crippen LogP contribution in [0.2, 0.25) is 0 Å². The van der Waals surface area contributed by atoms with E-state index in [9.17, 15) is 20.2 Å². The molecule has 0 spiro atoms. The monoisotopic (exact) mass is 450 g/mol. The molecule has 1 fully saturated rings. The molecule has 0 aromatic heterocycles. The van der Waals surface area contributed by atoms with E-state index in [1.165, 1.54) is 44.5 Å². The molecule has 2 aromatic rings. The van der Waals surface area contributed by atoms with Gasteiger partial charge in [-0.15, -0.1) is 0 Å². The molecule has 1 heterocycles. The van der Waals surface area contributed by atoms with Gasteiger partial charge in [0.2, 0.25) is 0 Å². The molecule has 2 N–H and O–H groups in total. The maximum atomic E-state index is 11.2. The van der Waals surface area contributed by atoms with Gasteiger partial charge in [0.15, 0.2) is 0 Å². The second-order valence-electron chi connectivity index (χ2n) is 7.48. The zero-order valence-electron chi connectivity index (χ0n) is 17.2. The lowest BCUT2D eigenvalue weighted by Gasteiger charge is -2.23. The van der Waals surface area contributed by atoms with E-state index in [0.717, 1.165) is 30.3 Å². The van der Waals surface area contributed by atoms with Crippen molar-refractivity contribution in [3.63, 3.8) is 0 Å². The first kappa shape index (κ1) is 24.4. The zero-order chi connectivity index (χ0) is 21.3. The van der Waals surface area contributed by atoms with Gasteiger partial charge in [0.1, 0.15) is 11.4 Å². The van der Waals surface area contributed by atoms with Gasteiger partial charge in [0.05, 0.1) is 42.2 Å². The lowest BCUT2D eigenvalue weighted by molar-refractivity contribution is -0.905. The van der Waals surface area contributed by atoms with Crippen molar-refractivity contribution < 1.29 is 31.9 Å². The van der Waals surface area contributed by atoms with Gasteiger partial charge in [-0.3, -0.25) is 20.2 Å². The number of nitro benzene ring substituents is 2. The molecule has 2 aromatic carbocycles. The maximum absolute atomic E-state index is 11.2. The van der Waals surface area contributed by atoms with Gasteiger partial charge in [-0.2, -0.15) is 0 Å². The van der Waals surface area contributed by atoms with Crippen LogP contribution in [0.4, 0.5) is 17.1 Å². The number of nitrogens with one attached hydrogen (secondary N) is 2. The summed E-state index contributed by atoms with van der Waals surface area (Å²) in [4.78, 5) is 22.4. The van der Waals surface area contributed by atoms with Crippen LogP contribution in [0, 0.1) is 20.2 Å². The minimum Gasteiger partial charge on any atom is -1.00 e. The van der Waals surface area contributed by atoms with Gasteiger partial charge in [-0.25, -0.2) is 0 Å². The quantitative estimate of drug-likeness (QED) is 0.298. The third-order valence-corrected chi connectivity index (χ3v) is 5.30. The van der Waals surface area contributed by atoms with Crippen molar-refractivity contribution >= 4 is 17.1 Å². The molecule has 10 heteroatoms. The highest BCUT2D eigenvalue weighted by Crippen LogP contribution is 2.29. The number of nitro groups is 2. The Labute approximate surface area is 187 Å². The fourth-order valence-corrected chi connectivity index (χ4v) is 3.65. The third-order valence-electron chi connectivity index (χ3n) is 5.30. The summed E-state index contributed by atoms with van der Waals surface area (Å²) in [6, 6.07) is 11.1. The molecular formula is C21H27ClN4O5. The molecule has 168 valence electrons. The van der Waals surface area contributed by atoms with Gasteiger partial charge < -0.3 is 27.4 Å². The Kier molecular flexibility index (Phi) is 9.48. The smallest absolute Gasteiger partial charge is 0.299 e. The van der Waals surface area contributed by atoms with Crippen LogP contribution in [0.3, 0.4) is 0 Å². The summed E-state index contributed by atoms with van der Waals surface area (Å²) in [6.07, 6.45) is 5.05. The maximum Gasteiger partial charge on any atom is 0.299 e. The molecule has 1 aliphatic heterocycles. The Balaban J connectivity index is 0.00000341. The normalized spacial score (nSPS) is 13.8. The van der Waals surface area contributed by atoms with Crippen molar-refractivity contribution in [2.75, 3.05) is 31.6 Å². The number of nitrogens with zero attached hydrogens (tertiary/aromatic N) is 2. The van der Waals surface area contributed by atoms with Crippen LogP contribution in [0.25, 0.3) is 0 Å². The van der Waals surface area contributed by atoms with Crippen LogP contribution in [-0.4, -0.2) is 36.1 Å². The van der Waals surface area contributed by atoms with Crippen molar-refractivity contribution in [2.24, 2.45) is 0 Å². The Bertz CT molecular complexity index is 873. The largest absolute Gasteiger partial charge is 1.00 e. The standard InChI is InChI=1S/C21H26N4O5.ClH/c26-24(27)18-7-10-20(21(15-18)25(28)29)22-16-17-5-8-19(9-6-17)30-14-4-13-23-11-2-1-3-12-23;/h5-10,15,22H,1-4,11-14,16H2;1H. The first-order chi connectivity index (χ1) is 14.5. The molecule has 0 saturated carbocycles. The lowest BCUT2D eigenvalue weighted by Crippen LogP contribution is -3.12. The Morgan fingerprint density at radius 3 is 2.32 bits per heavy atom. The molecule has 1 saturated heterocycles. The van der Waals surface area contributed by atoms with Crippen molar-refractivity contribution in [1.82, 2.24) is 0 Å². The van der Waals surface area contributed by atoms with Crippen LogP contribution in [0.5, 0.6) is 5.75 Å². The first-order valence-electron chi connectivity index (χ1n) is 10.2. The number of non-ortho nitro benzene ring substituents is 1. The summed E-state index contributed by atoms with van der Waals surface area (Å²) in [5.41, 5.74) is 0.537. The van der Waals surface area contributed by atoms with E-state index in [-0.39, 0.29) is 29.5 Å². The fraction of sp³-hybridized carbons (Fsp3) is 0.429. The minimum absolute atomic E-state index is 0. The van der Waals surface area contributed by atoms with Crippen molar-refractivity contribution in [3.05, 3.63) is 68.3 Å². The van der Waals surface area contributed by atoms with Gasteiger partial charge in [-0.1, -0.05) is 12.1 Å². The molecule has 0 amide bonds. The number of rotatable bonds is 10. The van der Waals surface area contributed by atoms with Gasteiger partial charge in [0, 0.05) is 19.0 Å². The molecule has 0 radical (unpaired) electrons. The summed E-state index contributed by atoms with van der Waals surface area (Å²) >= 11 is 0. The molecule has 0 bridgehead atoms. The summed E-state index contributed by atoms with van der Waals surface area (Å²) in [6.45, 7) is 4.74. The average Bonchev–Trinajstić information content (AvgIpc) is 2.76. The number of likely N-dealkylation sites (tertiary alicyclic amines) is 1. The number of hydrogen-bond donors (Lipinski definition) is 2. The minimum atomic E-state index is -0.649. The van der Waals surface area contributed by atoms with E-state index in [4.69, 9.17) is 4.74 Å². The second kappa shape index (κ2) is 12.1. The van der Waals surface area contributed by atoms with E-state index < -0.39 is 9.85 Å². The van der Waals surface area contributed by atoms with Crippen LogP contribution >= 0.6 is 0 Å². The number of ether oxygens (including phenoxy) is 1. The van der Waals surface area contributed by atoms with E-state index in [0.29, 0.717) is 13.2 Å². The molecule has 1 aliphatic rings. The summed E-state index contributed by atoms with van der Waals surface area (Å²) in [5, 5.41) is 25.0. The predicted molar refractivity (Wildman–Crippen MR) is 113 cm³/mol. The molecule has 0 atom stereocenters. The number of hydrogen-bond acceptors (Lipinski definition) is 6. The number of benzene rings is 2. The molecule has 31 heavy (non-hydrogen) atoms. The molecule has 0 aliphatic carbocycles. The lowest BCUT2D eigenvalue weighted by atomic mass is 10.1. The van der Waals surface area contributed by atoms with Crippen molar-refractivity contribution in [3.8, 4) is 5.75 Å². The molecule has 3 rings (SSSR count). The number of quaternary nitrogens is 1. The summed E-state index contributed by atoms with van der Waals surface area (Å²) in [5.74, 6) is 0.800. The van der Waals surface area contributed by atoms with Gasteiger partial charge >= 0.3 is 0 Å². The van der Waals surface area contributed by atoms with E-state index in [2.05, 4.69) is 5.32 Å². The van der Waals surface area contributed by atoms with Crippen molar-refractivity contribution in [1.29, 1.82) is 0 Å². The summed E-state index contributed by atoms with van der Waals surface area (Å²) < 4.78 is 5.81. The Hall–Kier alpha value is -2.91. The van der Waals surface area contributed by atoms with Crippen molar-refractivity contribution in [2.45, 2.75) is 32.2 Å². The number of piperidine rings is 1.